The van der Waals surface area contributed by atoms with E-state index in [-0.39, 0.29) is 5.92 Å². The Kier molecular flexibility index (Phi) is 4.38. The van der Waals surface area contributed by atoms with Gasteiger partial charge in [0.2, 0.25) is 5.13 Å². The highest BCUT2D eigenvalue weighted by Gasteiger charge is 2.23. The number of rotatable bonds is 4. The zero-order valence-corrected chi connectivity index (χ0v) is 10.5. The van der Waals surface area contributed by atoms with Crippen LogP contribution in [0.4, 0.5) is 9.93 Å². The van der Waals surface area contributed by atoms with E-state index in [1.54, 1.807) is 20.8 Å². The second-order valence-electron chi connectivity index (χ2n) is 3.81. The van der Waals surface area contributed by atoms with E-state index in [0.29, 0.717) is 11.0 Å². The molecule has 0 radical (unpaired) electrons. The Bertz CT molecular complexity index is 418. The number of carboxylic acids is 1. The molecule has 1 aromatic rings. The van der Waals surface area contributed by atoms with Crippen LogP contribution in [-0.2, 0) is 4.79 Å². The largest absolute Gasteiger partial charge is 0.480 e. The Balaban J connectivity index is 2.56. The summed E-state index contributed by atoms with van der Waals surface area (Å²) in [5, 5.41) is 14.0. The van der Waals surface area contributed by atoms with Crippen molar-refractivity contribution in [3.8, 4) is 0 Å². The molecule has 0 spiro atoms. The monoisotopic (exact) mass is 258 g/mol. The number of carbonyl (C=O) groups excluding carboxylic acids is 1. The van der Waals surface area contributed by atoms with Gasteiger partial charge in [0.15, 0.2) is 0 Å². The minimum Gasteiger partial charge on any atom is -0.480 e. The summed E-state index contributed by atoms with van der Waals surface area (Å²) in [6.45, 7) is 5.13. The summed E-state index contributed by atoms with van der Waals surface area (Å²) in [6.07, 6.45) is 0. The van der Waals surface area contributed by atoms with Crippen LogP contribution in [0.15, 0.2) is 0 Å². The summed E-state index contributed by atoms with van der Waals surface area (Å²) in [6, 6.07) is -1.52. The molecule has 0 saturated heterocycles. The van der Waals surface area contributed by atoms with E-state index in [4.69, 9.17) is 5.11 Å². The fourth-order valence-electron chi connectivity index (χ4n) is 1.14. The molecule has 17 heavy (non-hydrogen) atoms. The molecular formula is C9H14N4O3S. The lowest BCUT2D eigenvalue weighted by Crippen LogP contribution is -2.46. The van der Waals surface area contributed by atoms with Crippen LogP contribution in [0, 0.1) is 12.8 Å². The van der Waals surface area contributed by atoms with Gasteiger partial charge in [0, 0.05) is 11.5 Å². The fraction of sp³-hybridized carbons (Fsp3) is 0.556. The van der Waals surface area contributed by atoms with Gasteiger partial charge in [-0.25, -0.2) is 14.6 Å². The molecule has 1 unspecified atom stereocenters. The van der Waals surface area contributed by atoms with Gasteiger partial charge < -0.3 is 10.4 Å². The summed E-state index contributed by atoms with van der Waals surface area (Å²) < 4.78 is 3.89. The summed E-state index contributed by atoms with van der Waals surface area (Å²) in [5.74, 6) is -0.707. The number of hydrogen-bond acceptors (Lipinski definition) is 5. The van der Waals surface area contributed by atoms with E-state index < -0.39 is 18.0 Å². The van der Waals surface area contributed by atoms with Crippen molar-refractivity contribution in [2.75, 3.05) is 5.32 Å². The molecule has 94 valence electrons. The predicted octanol–water partition coefficient (Wildman–Crippen LogP) is 1.08. The SMILES string of the molecule is Cc1nsc(NC(=O)NC(C(=O)O)C(C)C)n1. The number of aliphatic carboxylic acids is 1. The molecule has 1 rings (SSSR count). The average Bonchev–Trinajstić information content (AvgIpc) is 2.59. The second kappa shape index (κ2) is 5.58. The third-order valence-electron chi connectivity index (χ3n) is 1.97. The van der Waals surface area contributed by atoms with Gasteiger partial charge >= 0.3 is 12.0 Å². The maximum absolute atomic E-state index is 11.5. The highest BCUT2D eigenvalue weighted by atomic mass is 32.1. The van der Waals surface area contributed by atoms with Gasteiger partial charge in [-0.2, -0.15) is 4.37 Å². The Morgan fingerprint density at radius 3 is 2.47 bits per heavy atom. The van der Waals surface area contributed by atoms with Crippen molar-refractivity contribution >= 4 is 28.7 Å². The summed E-state index contributed by atoms with van der Waals surface area (Å²) >= 11 is 1.04. The van der Waals surface area contributed by atoms with Crippen molar-refractivity contribution in [3.05, 3.63) is 5.82 Å². The number of urea groups is 1. The third kappa shape index (κ3) is 3.99. The number of carboxylic acid groups (broad SMARTS) is 1. The van der Waals surface area contributed by atoms with Gasteiger partial charge in [-0.1, -0.05) is 13.8 Å². The Hall–Kier alpha value is -1.70. The lowest BCUT2D eigenvalue weighted by Gasteiger charge is -2.17. The summed E-state index contributed by atoms with van der Waals surface area (Å²) in [4.78, 5) is 26.3. The normalized spacial score (nSPS) is 12.2. The minimum absolute atomic E-state index is 0.200. The standard InChI is InChI=1S/C9H14N4O3S/c1-4(2)6(7(14)15)11-8(16)12-9-10-5(3)13-17-9/h4,6H,1-3H3,(H,14,15)(H2,10,11,12,13,16). The number of carbonyl (C=O) groups is 2. The maximum atomic E-state index is 11.5. The minimum atomic E-state index is -1.07. The molecule has 0 aliphatic rings. The molecule has 1 aromatic heterocycles. The fourth-order valence-corrected chi connectivity index (χ4v) is 1.71. The van der Waals surface area contributed by atoms with Crippen LogP contribution in [0.3, 0.4) is 0 Å². The van der Waals surface area contributed by atoms with E-state index in [1.165, 1.54) is 0 Å². The van der Waals surface area contributed by atoms with Crippen LogP contribution in [0.2, 0.25) is 0 Å². The number of amides is 2. The van der Waals surface area contributed by atoms with Gasteiger partial charge in [-0.15, -0.1) is 0 Å². The molecule has 0 aliphatic carbocycles. The zero-order valence-electron chi connectivity index (χ0n) is 9.72. The van der Waals surface area contributed by atoms with E-state index >= 15 is 0 Å². The second-order valence-corrected chi connectivity index (χ2v) is 4.56. The first-order valence-electron chi connectivity index (χ1n) is 5.00. The van der Waals surface area contributed by atoms with Crippen LogP contribution in [-0.4, -0.2) is 32.5 Å². The van der Waals surface area contributed by atoms with E-state index in [1.807, 2.05) is 0 Å². The first-order chi connectivity index (χ1) is 7.90. The first-order valence-corrected chi connectivity index (χ1v) is 5.78. The van der Waals surface area contributed by atoms with Gasteiger partial charge in [0.05, 0.1) is 0 Å². The quantitative estimate of drug-likeness (QED) is 0.749. The lowest BCUT2D eigenvalue weighted by molar-refractivity contribution is -0.140. The van der Waals surface area contributed by atoms with Crippen molar-refractivity contribution in [1.29, 1.82) is 0 Å². The van der Waals surface area contributed by atoms with Crippen molar-refractivity contribution < 1.29 is 14.7 Å². The van der Waals surface area contributed by atoms with Crippen molar-refractivity contribution in [2.24, 2.45) is 5.92 Å². The lowest BCUT2D eigenvalue weighted by atomic mass is 10.1. The van der Waals surface area contributed by atoms with Gasteiger partial charge in [-0.05, 0) is 12.8 Å². The van der Waals surface area contributed by atoms with E-state index in [0.717, 1.165) is 11.5 Å². The average molecular weight is 258 g/mol. The Morgan fingerprint density at radius 2 is 2.06 bits per heavy atom. The molecule has 1 atom stereocenters. The number of nitrogens with zero attached hydrogens (tertiary/aromatic N) is 2. The molecule has 0 aliphatic heterocycles. The number of aryl methyl sites for hydroxylation is 1. The third-order valence-corrected chi connectivity index (χ3v) is 2.69. The maximum Gasteiger partial charge on any atom is 0.326 e. The van der Waals surface area contributed by atoms with Crippen molar-refractivity contribution in [2.45, 2.75) is 26.8 Å². The topological polar surface area (TPSA) is 104 Å². The van der Waals surface area contributed by atoms with Crippen LogP contribution in [0.25, 0.3) is 0 Å². The van der Waals surface area contributed by atoms with Crippen LogP contribution in [0.5, 0.6) is 0 Å². The van der Waals surface area contributed by atoms with E-state index in [9.17, 15) is 9.59 Å². The molecule has 7 nitrogen and oxygen atoms in total. The molecule has 3 N–H and O–H groups in total. The zero-order chi connectivity index (χ0) is 13.0. The molecule has 8 heteroatoms. The number of hydrogen-bond donors (Lipinski definition) is 3. The number of anilines is 1. The summed E-state index contributed by atoms with van der Waals surface area (Å²) in [7, 11) is 0. The first kappa shape index (κ1) is 13.4. The number of aromatic nitrogens is 2. The van der Waals surface area contributed by atoms with Crippen LogP contribution < -0.4 is 10.6 Å². The van der Waals surface area contributed by atoms with Crippen LogP contribution >= 0.6 is 11.5 Å². The molecular weight excluding hydrogens is 244 g/mol. The Labute approximate surface area is 102 Å². The van der Waals surface area contributed by atoms with Crippen molar-refractivity contribution in [3.63, 3.8) is 0 Å². The van der Waals surface area contributed by atoms with Gasteiger partial charge in [0.1, 0.15) is 11.9 Å². The molecule has 1 heterocycles. The summed E-state index contributed by atoms with van der Waals surface area (Å²) in [5.41, 5.74) is 0. The smallest absolute Gasteiger partial charge is 0.326 e. The van der Waals surface area contributed by atoms with Gasteiger partial charge in [0.25, 0.3) is 0 Å². The van der Waals surface area contributed by atoms with E-state index in [2.05, 4.69) is 20.0 Å². The molecule has 2 amide bonds. The highest BCUT2D eigenvalue weighted by molar-refractivity contribution is 7.09. The number of nitrogens with one attached hydrogen (secondary N) is 2. The molecule has 0 fully saturated rings. The molecule has 0 bridgehead atoms. The van der Waals surface area contributed by atoms with Gasteiger partial charge in [-0.3, -0.25) is 5.32 Å². The molecule has 0 saturated carbocycles. The predicted molar refractivity (Wildman–Crippen MR) is 63.1 cm³/mol. The van der Waals surface area contributed by atoms with Crippen LogP contribution in [0.1, 0.15) is 19.7 Å². The molecule has 0 aromatic carbocycles. The van der Waals surface area contributed by atoms with Crippen molar-refractivity contribution in [1.82, 2.24) is 14.7 Å². The Morgan fingerprint density at radius 1 is 1.41 bits per heavy atom. The highest BCUT2D eigenvalue weighted by Crippen LogP contribution is 2.10.